The topological polar surface area (TPSA) is 71.4 Å². The zero-order valence-electron chi connectivity index (χ0n) is 17.9. The average molecular weight is 415 g/mol. The maximum Gasteiger partial charge on any atom is 0.268 e. The Morgan fingerprint density at radius 3 is 2.29 bits per heavy atom. The summed E-state index contributed by atoms with van der Waals surface area (Å²) < 4.78 is 1.52. The summed E-state index contributed by atoms with van der Waals surface area (Å²) in [6.45, 7) is 1.97. The number of anilines is 2. The molecule has 0 saturated carbocycles. The van der Waals surface area contributed by atoms with Gasteiger partial charge >= 0.3 is 0 Å². The molecule has 0 saturated heterocycles. The summed E-state index contributed by atoms with van der Waals surface area (Å²) in [4.78, 5) is 41.0. The van der Waals surface area contributed by atoms with Crippen molar-refractivity contribution < 1.29 is 9.59 Å². The third-order valence-corrected chi connectivity index (χ3v) is 5.60. The van der Waals surface area contributed by atoms with Gasteiger partial charge in [0.25, 0.3) is 11.5 Å². The van der Waals surface area contributed by atoms with E-state index in [1.54, 1.807) is 12.1 Å². The van der Waals surface area contributed by atoms with Gasteiger partial charge in [0.1, 0.15) is 5.56 Å². The number of nitrogens with one attached hydrogen (secondary N) is 1. The molecule has 6 heteroatoms. The van der Waals surface area contributed by atoms with Gasteiger partial charge in [0.2, 0.25) is 0 Å². The van der Waals surface area contributed by atoms with Crippen molar-refractivity contribution in [2.75, 3.05) is 24.3 Å². The highest BCUT2D eigenvalue weighted by Gasteiger charge is 2.26. The third kappa shape index (κ3) is 4.01. The minimum absolute atomic E-state index is 0.0357. The van der Waals surface area contributed by atoms with Crippen LogP contribution in [0.25, 0.3) is 5.69 Å². The second kappa shape index (κ2) is 8.22. The van der Waals surface area contributed by atoms with Gasteiger partial charge in [-0.2, -0.15) is 0 Å². The minimum Gasteiger partial charge on any atom is -0.378 e. The van der Waals surface area contributed by atoms with E-state index in [4.69, 9.17) is 0 Å². The van der Waals surface area contributed by atoms with Crippen LogP contribution < -0.4 is 15.8 Å². The zero-order valence-corrected chi connectivity index (χ0v) is 17.9. The highest BCUT2D eigenvalue weighted by molar-refractivity contribution is 6.06. The fourth-order valence-electron chi connectivity index (χ4n) is 3.86. The van der Waals surface area contributed by atoms with Crippen LogP contribution in [0.3, 0.4) is 0 Å². The number of benzene rings is 2. The first-order chi connectivity index (χ1) is 14.8. The maximum atomic E-state index is 13.4. The summed E-state index contributed by atoms with van der Waals surface area (Å²) in [5.74, 6) is -0.559. The van der Waals surface area contributed by atoms with E-state index in [1.807, 2.05) is 62.3 Å². The molecule has 4 rings (SSSR count). The Hall–Kier alpha value is -3.67. The lowest BCUT2D eigenvalue weighted by atomic mass is 9.92. The minimum atomic E-state index is -0.523. The molecule has 158 valence electrons. The number of hydrogen-bond acceptors (Lipinski definition) is 4. The van der Waals surface area contributed by atoms with Gasteiger partial charge in [-0.15, -0.1) is 0 Å². The molecule has 0 unspecified atom stereocenters. The van der Waals surface area contributed by atoms with E-state index in [2.05, 4.69) is 5.32 Å². The van der Waals surface area contributed by atoms with Crippen molar-refractivity contribution in [2.45, 2.75) is 26.2 Å². The van der Waals surface area contributed by atoms with Crippen LogP contribution in [0, 0.1) is 6.92 Å². The lowest BCUT2D eigenvalue weighted by molar-refractivity contribution is 0.0971. The van der Waals surface area contributed by atoms with E-state index in [9.17, 15) is 14.4 Å². The van der Waals surface area contributed by atoms with Crippen molar-refractivity contribution in [3.63, 3.8) is 0 Å². The van der Waals surface area contributed by atoms with Crippen LogP contribution in [0.1, 0.15) is 44.8 Å². The fourth-order valence-corrected chi connectivity index (χ4v) is 3.86. The Bertz CT molecular complexity index is 1210. The number of pyridine rings is 1. The van der Waals surface area contributed by atoms with Crippen molar-refractivity contribution in [3.05, 3.63) is 87.3 Å². The average Bonchev–Trinajstić information content (AvgIpc) is 2.75. The summed E-state index contributed by atoms with van der Waals surface area (Å²) in [6, 6.07) is 16.3. The monoisotopic (exact) mass is 415 g/mol. The molecule has 1 aromatic heterocycles. The molecule has 0 radical (unpaired) electrons. The molecule has 0 bridgehead atoms. The Morgan fingerprint density at radius 2 is 1.65 bits per heavy atom. The lowest BCUT2D eigenvalue weighted by Gasteiger charge is -2.22. The van der Waals surface area contributed by atoms with E-state index >= 15 is 0 Å². The van der Waals surface area contributed by atoms with Crippen LogP contribution >= 0.6 is 0 Å². The Labute approximate surface area is 181 Å². The van der Waals surface area contributed by atoms with Crippen LogP contribution in [0.15, 0.2) is 59.4 Å². The van der Waals surface area contributed by atoms with Crippen LogP contribution in [-0.2, 0) is 6.42 Å². The SMILES string of the molecule is Cc1ccc(-n2c3c(cc(C(=O)Nc4ccc(N(C)C)cc4)c2=O)C(=O)CCC3)cc1. The number of aromatic nitrogens is 1. The molecule has 0 fully saturated rings. The summed E-state index contributed by atoms with van der Waals surface area (Å²) in [5, 5.41) is 2.79. The molecule has 1 heterocycles. The fraction of sp³-hybridized carbons (Fsp3) is 0.240. The van der Waals surface area contributed by atoms with Crippen molar-refractivity contribution in [2.24, 2.45) is 0 Å². The van der Waals surface area contributed by atoms with Gasteiger partial charge in [-0.05, 0) is 62.2 Å². The Morgan fingerprint density at radius 1 is 0.968 bits per heavy atom. The van der Waals surface area contributed by atoms with Gasteiger partial charge in [0.05, 0.1) is 0 Å². The van der Waals surface area contributed by atoms with Gasteiger partial charge in [0, 0.05) is 48.8 Å². The molecule has 1 aliphatic carbocycles. The molecule has 6 nitrogen and oxygen atoms in total. The molecule has 31 heavy (non-hydrogen) atoms. The molecule has 3 aromatic rings. The number of fused-ring (bicyclic) bond motifs is 1. The van der Waals surface area contributed by atoms with Crippen LogP contribution in [0.5, 0.6) is 0 Å². The summed E-state index contributed by atoms with van der Waals surface area (Å²) in [6.07, 6.45) is 1.74. The van der Waals surface area contributed by atoms with Gasteiger partial charge in [-0.3, -0.25) is 19.0 Å². The number of carbonyl (C=O) groups excluding carboxylic acids is 2. The van der Waals surface area contributed by atoms with Gasteiger partial charge in [-0.1, -0.05) is 17.7 Å². The first-order valence-electron chi connectivity index (χ1n) is 10.3. The molecule has 0 atom stereocenters. The number of rotatable bonds is 4. The third-order valence-electron chi connectivity index (χ3n) is 5.60. The normalized spacial score (nSPS) is 12.9. The molecule has 1 amide bonds. The summed E-state index contributed by atoms with van der Waals surface area (Å²) in [5.41, 5.74) is 3.99. The molecular formula is C25H25N3O3. The predicted molar refractivity (Wildman–Crippen MR) is 123 cm³/mol. The molecule has 1 aliphatic rings. The molecule has 0 spiro atoms. The van der Waals surface area contributed by atoms with Crippen molar-refractivity contribution >= 4 is 23.1 Å². The van der Waals surface area contributed by atoms with E-state index in [0.717, 1.165) is 11.3 Å². The number of carbonyl (C=O) groups is 2. The molecular weight excluding hydrogens is 390 g/mol. The number of nitrogens with zero attached hydrogens (tertiary/aromatic N) is 2. The zero-order chi connectivity index (χ0) is 22.1. The first kappa shape index (κ1) is 20.6. The standard InChI is InChI=1S/C25H25N3O3/c1-16-7-11-19(12-8-16)28-22-5-4-6-23(29)20(22)15-21(25(28)31)24(30)26-17-9-13-18(14-10-17)27(2)3/h7-15H,4-6H2,1-3H3,(H,26,30). The number of hydrogen-bond donors (Lipinski definition) is 1. The highest BCUT2D eigenvalue weighted by Crippen LogP contribution is 2.24. The second-order valence-electron chi connectivity index (χ2n) is 8.07. The largest absolute Gasteiger partial charge is 0.378 e. The van der Waals surface area contributed by atoms with E-state index in [0.29, 0.717) is 41.9 Å². The number of amides is 1. The van der Waals surface area contributed by atoms with Crippen LogP contribution in [0.4, 0.5) is 11.4 Å². The lowest BCUT2D eigenvalue weighted by Crippen LogP contribution is -2.33. The van der Waals surface area contributed by atoms with Crippen LogP contribution in [-0.4, -0.2) is 30.4 Å². The number of Topliss-reactive ketones (excluding diaryl/α,β-unsaturated/α-hetero) is 1. The predicted octanol–water partition coefficient (Wildman–Crippen LogP) is 3.98. The van der Waals surface area contributed by atoms with Crippen molar-refractivity contribution in [3.8, 4) is 5.69 Å². The smallest absolute Gasteiger partial charge is 0.268 e. The van der Waals surface area contributed by atoms with E-state index in [1.165, 1.54) is 10.6 Å². The molecule has 0 aliphatic heterocycles. The summed E-state index contributed by atoms with van der Waals surface area (Å²) >= 11 is 0. The second-order valence-corrected chi connectivity index (χ2v) is 8.07. The quantitative estimate of drug-likeness (QED) is 0.700. The van der Waals surface area contributed by atoms with E-state index < -0.39 is 11.5 Å². The van der Waals surface area contributed by atoms with E-state index in [-0.39, 0.29) is 11.3 Å². The van der Waals surface area contributed by atoms with Crippen LogP contribution in [0.2, 0.25) is 0 Å². The summed E-state index contributed by atoms with van der Waals surface area (Å²) in [7, 11) is 3.87. The number of ketones is 1. The molecule has 1 N–H and O–H groups in total. The maximum absolute atomic E-state index is 13.4. The van der Waals surface area contributed by atoms with Gasteiger partial charge < -0.3 is 10.2 Å². The molecule has 2 aromatic carbocycles. The van der Waals surface area contributed by atoms with Crippen molar-refractivity contribution in [1.82, 2.24) is 4.57 Å². The van der Waals surface area contributed by atoms with Gasteiger partial charge in [0.15, 0.2) is 5.78 Å². The highest BCUT2D eigenvalue weighted by atomic mass is 16.2. The van der Waals surface area contributed by atoms with Gasteiger partial charge in [-0.25, -0.2) is 0 Å². The van der Waals surface area contributed by atoms with Crippen molar-refractivity contribution in [1.29, 1.82) is 0 Å². The first-order valence-corrected chi connectivity index (χ1v) is 10.3. The Balaban J connectivity index is 1.79. The Kier molecular flexibility index (Phi) is 5.46. The number of aryl methyl sites for hydroxylation is 1.